The van der Waals surface area contributed by atoms with Gasteiger partial charge in [0.15, 0.2) is 6.10 Å². The summed E-state index contributed by atoms with van der Waals surface area (Å²) in [6.45, 7) is 2.85. The average molecular weight is 411 g/mol. The van der Waals surface area contributed by atoms with E-state index in [0.29, 0.717) is 13.0 Å². The molecule has 2 fully saturated rings. The highest BCUT2D eigenvalue weighted by Gasteiger charge is 2.48. The molecular weight excluding hydrogens is 368 g/mol. The van der Waals surface area contributed by atoms with Gasteiger partial charge in [-0.2, -0.15) is 0 Å². The molecule has 1 N–H and O–H groups in total. The fourth-order valence-corrected chi connectivity index (χ4v) is 4.11. The molecule has 168 valence electrons. The number of hydrogen-bond acceptors (Lipinski definition) is 5. The van der Waals surface area contributed by atoms with Gasteiger partial charge in [0, 0.05) is 6.42 Å². The van der Waals surface area contributed by atoms with Crippen molar-refractivity contribution in [3.05, 3.63) is 12.2 Å². The second-order valence-electron chi connectivity index (χ2n) is 8.53. The molecule has 0 aromatic heterocycles. The Balaban J connectivity index is 1.35. The Morgan fingerprint density at radius 2 is 1.45 bits per heavy atom. The molecule has 0 aliphatic carbocycles. The molecule has 2 saturated heterocycles. The van der Waals surface area contributed by atoms with Crippen LogP contribution in [0.1, 0.15) is 96.8 Å². The SMILES string of the molecule is CCCCCCCC/C=C\CCCCCCCC(=O)O[C@@H]1COC2C1OC[C@H]2O. The summed E-state index contributed by atoms with van der Waals surface area (Å²) in [6, 6.07) is 0. The molecule has 5 heteroatoms. The Kier molecular flexibility index (Phi) is 12.6. The zero-order valence-corrected chi connectivity index (χ0v) is 18.4. The summed E-state index contributed by atoms with van der Waals surface area (Å²) in [5, 5.41) is 9.71. The van der Waals surface area contributed by atoms with Crippen LogP contribution in [0, 0.1) is 0 Å². The summed E-state index contributed by atoms with van der Waals surface area (Å²) in [7, 11) is 0. The average Bonchev–Trinajstić information content (AvgIpc) is 3.28. The first-order valence-corrected chi connectivity index (χ1v) is 12.0. The highest BCUT2D eigenvalue weighted by Crippen LogP contribution is 2.29. The molecule has 0 amide bonds. The van der Waals surface area contributed by atoms with Crippen LogP contribution in [0.25, 0.3) is 0 Å². The Bertz CT molecular complexity index is 464. The lowest BCUT2D eigenvalue weighted by Gasteiger charge is -2.16. The van der Waals surface area contributed by atoms with Crippen LogP contribution in [-0.2, 0) is 19.0 Å². The lowest BCUT2D eigenvalue weighted by Crippen LogP contribution is -2.34. The van der Waals surface area contributed by atoms with E-state index in [2.05, 4.69) is 19.1 Å². The van der Waals surface area contributed by atoms with Gasteiger partial charge in [-0.3, -0.25) is 4.79 Å². The van der Waals surface area contributed by atoms with E-state index in [4.69, 9.17) is 14.2 Å². The van der Waals surface area contributed by atoms with E-state index < -0.39 is 6.10 Å². The summed E-state index contributed by atoms with van der Waals surface area (Å²) < 4.78 is 16.4. The van der Waals surface area contributed by atoms with Crippen LogP contribution < -0.4 is 0 Å². The van der Waals surface area contributed by atoms with Crippen molar-refractivity contribution in [3.63, 3.8) is 0 Å². The van der Waals surface area contributed by atoms with Crippen LogP contribution in [0.4, 0.5) is 0 Å². The number of ether oxygens (including phenoxy) is 3. The molecule has 2 unspecified atom stereocenters. The minimum Gasteiger partial charge on any atom is -0.457 e. The maximum Gasteiger partial charge on any atom is 0.306 e. The predicted molar refractivity (Wildman–Crippen MR) is 115 cm³/mol. The van der Waals surface area contributed by atoms with Gasteiger partial charge >= 0.3 is 5.97 Å². The fourth-order valence-electron chi connectivity index (χ4n) is 4.11. The summed E-state index contributed by atoms with van der Waals surface area (Å²) in [5.41, 5.74) is 0. The van der Waals surface area contributed by atoms with Gasteiger partial charge < -0.3 is 19.3 Å². The zero-order chi connectivity index (χ0) is 20.7. The summed E-state index contributed by atoms with van der Waals surface area (Å²) >= 11 is 0. The van der Waals surface area contributed by atoms with Crippen LogP contribution in [0.15, 0.2) is 12.2 Å². The molecule has 0 bridgehead atoms. The summed E-state index contributed by atoms with van der Waals surface area (Å²) in [6.07, 6.45) is 19.7. The number of carbonyl (C=O) groups excluding carboxylic acids is 1. The quantitative estimate of drug-likeness (QED) is 0.218. The lowest BCUT2D eigenvalue weighted by atomic mass is 10.1. The smallest absolute Gasteiger partial charge is 0.306 e. The Labute approximate surface area is 177 Å². The van der Waals surface area contributed by atoms with Crippen molar-refractivity contribution in [2.24, 2.45) is 0 Å². The number of esters is 1. The van der Waals surface area contributed by atoms with Gasteiger partial charge in [-0.25, -0.2) is 0 Å². The molecule has 2 heterocycles. The summed E-state index contributed by atoms with van der Waals surface area (Å²) in [5.74, 6) is -0.179. The van der Waals surface area contributed by atoms with Crippen LogP contribution >= 0.6 is 0 Å². The topological polar surface area (TPSA) is 65.0 Å². The standard InChI is InChI=1S/C24H42O5/c1-2-3-4-5-6-7-8-9-10-11-12-13-14-15-16-17-22(26)29-21-19-28-23-20(25)18-27-24(21)23/h9-10,20-21,23-25H,2-8,11-19H2,1H3/b10-9-/t20-,21-,23?,24?/m1/s1. The third-order valence-corrected chi connectivity index (χ3v) is 5.91. The van der Waals surface area contributed by atoms with Gasteiger partial charge in [-0.05, 0) is 32.1 Å². The third-order valence-electron chi connectivity index (χ3n) is 5.91. The first-order chi connectivity index (χ1) is 14.2. The van der Waals surface area contributed by atoms with E-state index in [1.165, 1.54) is 70.6 Å². The molecule has 0 radical (unpaired) electrons. The number of unbranched alkanes of at least 4 members (excludes halogenated alkanes) is 11. The van der Waals surface area contributed by atoms with Crippen LogP contribution in [0.2, 0.25) is 0 Å². The molecule has 2 aliphatic heterocycles. The molecule has 0 saturated carbocycles. The number of aliphatic hydroxyl groups excluding tert-OH is 1. The predicted octanol–water partition coefficient (Wildman–Crippen LogP) is 5.09. The van der Waals surface area contributed by atoms with E-state index in [0.717, 1.165) is 12.8 Å². The number of rotatable bonds is 16. The fraction of sp³-hybridized carbons (Fsp3) is 0.875. The first-order valence-electron chi connectivity index (χ1n) is 12.0. The number of carbonyl (C=O) groups is 1. The Hall–Kier alpha value is -0.910. The van der Waals surface area contributed by atoms with E-state index in [9.17, 15) is 9.90 Å². The molecular formula is C24H42O5. The van der Waals surface area contributed by atoms with Crippen LogP contribution in [0.3, 0.4) is 0 Å². The molecule has 0 aromatic rings. The van der Waals surface area contributed by atoms with Crippen molar-refractivity contribution in [1.82, 2.24) is 0 Å². The van der Waals surface area contributed by atoms with Crippen molar-refractivity contribution in [2.45, 2.75) is 121 Å². The van der Waals surface area contributed by atoms with Crippen molar-refractivity contribution in [1.29, 1.82) is 0 Å². The van der Waals surface area contributed by atoms with Gasteiger partial charge in [0.05, 0.1) is 13.2 Å². The summed E-state index contributed by atoms with van der Waals surface area (Å²) in [4.78, 5) is 12.0. The highest BCUT2D eigenvalue weighted by atomic mass is 16.6. The Morgan fingerprint density at radius 1 is 0.862 bits per heavy atom. The van der Waals surface area contributed by atoms with Crippen molar-refractivity contribution >= 4 is 5.97 Å². The minimum atomic E-state index is -0.603. The van der Waals surface area contributed by atoms with Crippen molar-refractivity contribution < 1.29 is 24.1 Å². The van der Waals surface area contributed by atoms with Crippen LogP contribution in [0.5, 0.6) is 0 Å². The monoisotopic (exact) mass is 410 g/mol. The lowest BCUT2D eigenvalue weighted by molar-refractivity contribution is -0.153. The molecule has 5 nitrogen and oxygen atoms in total. The maximum absolute atomic E-state index is 12.0. The molecule has 2 aliphatic rings. The van der Waals surface area contributed by atoms with Crippen LogP contribution in [-0.4, -0.2) is 48.7 Å². The number of aliphatic hydroxyl groups is 1. The molecule has 2 rings (SSSR count). The number of fused-ring (bicyclic) bond motifs is 1. The van der Waals surface area contributed by atoms with Gasteiger partial charge in [0.1, 0.15) is 18.3 Å². The number of hydrogen-bond donors (Lipinski definition) is 1. The van der Waals surface area contributed by atoms with Gasteiger partial charge in [0.2, 0.25) is 0 Å². The first kappa shape index (κ1) is 24.4. The van der Waals surface area contributed by atoms with Gasteiger partial charge in [-0.1, -0.05) is 70.4 Å². The molecule has 29 heavy (non-hydrogen) atoms. The van der Waals surface area contributed by atoms with E-state index in [1.54, 1.807) is 0 Å². The zero-order valence-electron chi connectivity index (χ0n) is 18.4. The minimum absolute atomic E-state index is 0.179. The number of allylic oxidation sites excluding steroid dienone is 2. The molecule has 0 aromatic carbocycles. The molecule has 0 spiro atoms. The Morgan fingerprint density at radius 3 is 2.14 bits per heavy atom. The van der Waals surface area contributed by atoms with Gasteiger partial charge in [0.25, 0.3) is 0 Å². The second kappa shape index (κ2) is 15.0. The van der Waals surface area contributed by atoms with Crippen molar-refractivity contribution in [3.8, 4) is 0 Å². The maximum atomic E-state index is 12.0. The highest BCUT2D eigenvalue weighted by molar-refractivity contribution is 5.69. The van der Waals surface area contributed by atoms with E-state index in [1.807, 2.05) is 0 Å². The second-order valence-corrected chi connectivity index (χ2v) is 8.53. The van der Waals surface area contributed by atoms with E-state index in [-0.39, 0.29) is 30.9 Å². The van der Waals surface area contributed by atoms with Gasteiger partial charge in [-0.15, -0.1) is 0 Å². The largest absolute Gasteiger partial charge is 0.457 e. The normalized spacial score (nSPS) is 26.3. The van der Waals surface area contributed by atoms with Crippen molar-refractivity contribution in [2.75, 3.05) is 13.2 Å². The molecule has 4 atom stereocenters. The third kappa shape index (κ3) is 9.63. The van der Waals surface area contributed by atoms with E-state index >= 15 is 0 Å².